The highest BCUT2D eigenvalue weighted by Crippen LogP contribution is 2.23. The summed E-state index contributed by atoms with van der Waals surface area (Å²) in [5.41, 5.74) is 4.55. The van der Waals surface area contributed by atoms with Gasteiger partial charge in [-0.15, -0.1) is 5.92 Å². The molecule has 4 aromatic rings. The lowest BCUT2D eigenvalue weighted by molar-refractivity contribution is 0.0734. The van der Waals surface area contributed by atoms with Crippen LogP contribution in [0.1, 0.15) is 28.4 Å². The highest BCUT2D eigenvalue weighted by Gasteiger charge is 2.11. The molecule has 0 bridgehead atoms. The molecule has 0 radical (unpaired) electrons. The minimum absolute atomic E-state index is 0.262. The number of hydrogen-bond donors (Lipinski definition) is 0. The Kier molecular flexibility index (Phi) is 6.02. The molecule has 0 saturated heterocycles. The van der Waals surface area contributed by atoms with Gasteiger partial charge in [0.15, 0.2) is 5.82 Å². The van der Waals surface area contributed by atoms with Crippen LogP contribution < -0.4 is 4.74 Å². The molecular weight excluding hydrogens is 398 g/mol. The lowest BCUT2D eigenvalue weighted by atomic mass is 10.0. The van der Waals surface area contributed by atoms with Gasteiger partial charge >= 0.3 is 5.97 Å². The van der Waals surface area contributed by atoms with Crippen molar-refractivity contribution in [1.29, 1.82) is 5.26 Å². The first-order valence-electron chi connectivity index (χ1n) is 9.84. The molecule has 152 valence electrons. The Labute approximate surface area is 186 Å². The number of hydrogen-bond acceptors (Lipinski definition) is 5. The number of rotatable bonds is 4. The fraction of sp³-hybridized carbons (Fsp3) is 0.0370. The first kappa shape index (κ1) is 20.5. The lowest BCUT2D eigenvalue weighted by Crippen LogP contribution is -2.09. The smallest absolute Gasteiger partial charge is 0.346 e. The van der Waals surface area contributed by atoms with Gasteiger partial charge in [0.05, 0.1) is 17.2 Å². The Balaban J connectivity index is 1.43. The van der Waals surface area contributed by atoms with Crippen LogP contribution in [0.15, 0.2) is 85.2 Å². The van der Waals surface area contributed by atoms with Crippen LogP contribution in [0.25, 0.3) is 22.5 Å². The quantitative estimate of drug-likeness (QED) is 0.258. The molecule has 0 amide bonds. The summed E-state index contributed by atoms with van der Waals surface area (Å²) in [5.74, 6) is 6.25. The zero-order valence-electron chi connectivity index (χ0n) is 17.2. The summed E-state index contributed by atoms with van der Waals surface area (Å²) in [6.07, 6.45) is 2.91. The van der Waals surface area contributed by atoms with E-state index in [4.69, 9.17) is 10.00 Å². The van der Waals surface area contributed by atoms with E-state index in [0.717, 1.165) is 22.3 Å². The first-order valence-corrected chi connectivity index (χ1v) is 9.84. The minimum atomic E-state index is -0.531. The van der Waals surface area contributed by atoms with E-state index in [1.807, 2.05) is 48.5 Å². The van der Waals surface area contributed by atoms with Crippen molar-refractivity contribution in [2.75, 3.05) is 0 Å². The van der Waals surface area contributed by atoms with E-state index in [1.165, 1.54) is 12.4 Å². The van der Waals surface area contributed by atoms with Gasteiger partial charge in [-0.05, 0) is 66.6 Å². The number of aromatic nitrogens is 2. The third-order valence-corrected chi connectivity index (χ3v) is 4.71. The number of ether oxygens (including phenoxy) is 1. The summed E-state index contributed by atoms with van der Waals surface area (Å²) in [5, 5.41) is 8.90. The van der Waals surface area contributed by atoms with E-state index in [0.29, 0.717) is 17.1 Å². The average Bonchev–Trinajstić information content (AvgIpc) is 2.85. The highest BCUT2D eigenvalue weighted by molar-refractivity contribution is 5.90. The predicted octanol–water partition coefficient (Wildman–Crippen LogP) is 5.27. The summed E-state index contributed by atoms with van der Waals surface area (Å²) < 4.78 is 5.44. The van der Waals surface area contributed by atoms with E-state index in [-0.39, 0.29) is 5.56 Å². The van der Waals surface area contributed by atoms with Crippen molar-refractivity contribution in [3.63, 3.8) is 0 Å². The summed E-state index contributed by atoms with van der Waals surface area (Å²) in [6, 6.07) is 24.1. The van der Waals surface area contributed by atoms with Crippen LogP contribution in [-0.2, 0) is 0 Å². The molecule has 0 aliphatic rings. The zero-order valence-corrected chi connectivity index (χ0v) is 17.2. The van der Waals surface area contributed by atoms with Crippen molar-refractivity contribution in [3.05, 3.63) is 102 Å². The molecule has 5 nitrogen and oxygen atoms in total. The maximum absolute atomic E-state index is 12.5. The van der Waals surface area contributed by atoms with Crippen LogP contribution in [0.4, 0.5) is 0 Å². The van der Waals surface area contributed by atoms with Crippen molar-refractivity contribution in [2.45, 2.75) is 6.92 Å². The van der Waals surface area contributed by atoms with E-state index in [1.54, 1.807) is 31.2 Å². The standard InChI is InChI=1S/C27H17N3O2/c1-2-3-19-4-10-23(11-5-19)26-29-17-24(18-30-26)27(31)32-25-14-12-22(13-15-25)21-8-6-20(16-28)7-9-21/h4-15,17-18H,1H3. The Morgan fingerprint density at radius 3 is 1.88 bits per heavy atom. The predicted molar refractivity (Wildman–Crippen MR) is 122 cm³/mol. The number of carbonyl (C=O) groups excluding carboxylic acids is 1. The van der Waals surface area contributed by atoms with Crippen molar-refractivity contribution < 1.29 is 9.53 Å². The van der Waals surface area contributed by atoms with Crippen molar-refractivity contribution >= 4 is 5.97 Å². The Bertz CT molecular complexity index is 1340. The van der Waals surface area contributed by atoms with Crippen molar-refractivity contribution in [3.8, 4) is 46.2 Å². The van der Waals surface area contributed by atoms with Gasteiger partial charge in [-0.3, -0.25) is 0 Å². The normalized spacial score (nSPS) is 9.88. The third kappa shape index (κ3) is 4.70. The molecule has 4 rings (SSSR count). The second-order valence-corrected chi connectivity index (χ2v) is 6.85. The Morgan fingerprint density at radius 1 is 0.781 bits per heavy atom. The van der Waals surface area contributed by atoms with Gasteiger partial charge < -0.3 is 4.74 Å². The molecule has 5 heteroatoms. The topological polar surface area (TPSA) is 75.9 Å². The molecule has 0 aliphatic heterocycles. The van der Waals surface area contributed by atoms with E-state index in [2.05, 4.69) is 27.9 Å². The van der Waals surface area contributed by atoms with Gasteiger partial charge in [0.25, 0.3) is 0 Å². The fourth-order valence-electron chi connectivity index (χ4n) is 3.05. The summed E-state index contributed by atoms with van der Waals surface area (Å²) in [6.45, 7) is 1.79. The van der Waals surface area contributed by atoms with E-state index < -0.39 is 5.97 Å². The summed E-state index contributed by atoms with van der Waals surface area (Å²) >= 11 is 0. The monoisotopic (exact) mass is 415 g/mol. The molecule has 3 aromatic carbocycles. The molecule has 0 spiro atoms. The van der Waals surface area contributed by atoms with Crippen molar-refractivity contribution in [2.24, 2.45) is 0 Å². The summed E-state index contributed by atoms with van der Waals surface area (Å²) in [4.78, 5) is 21.0. The van der Waals surface area contributed by atoms with E-state index in [9.17, 15) is 4.79 Å². The van der Waals surface area contributed by atoms with Crippen LogP contribution in [-0.4, -0.2) is 15.9 Å². The fourth-order valence-corrected chi connectivity index (χ4v) is 3.05. The van der Waals surface area contributed by atoms with Gasteiger partial charge in [0.1, 0.15) is 5.75 Å². The molecule has 0 atom stereocenters. The third-order valence-electron chi connectivity index (χ3n) is 4.71. The van der Waals surface area contributed by atoms with Gasteiger partial charge in [0.2, 0.25) is 0 Å². The van der Waals surface area contributed by atoms with Gasteiger partial charge in [0, 0.05) is 23.5 Å². The molecule has 0 N–H and O–H groups in total. The first-order chi connectivity index (χ1) is 15.7. The highest BCUT2D eigenvalue weighted by atomic mass is 16.5. The molecule has 32 heavy (non-hydrogen) atoms. The van der Waals surface area contributed by atoms with Crippen LogP contribution >= 0.6 is 0 Å². The molecule has 0 aliphatic carbocycles. The second-order valence-electron chi connectivity index (χ2n) is 6.85. The largest absolute Gasteiger partial charge is 0.423 e. The molecule has 0 saturated carbocycles. The van der Waals surface area contributed by atoms with E-state index >= 15 is 0 Å². The molecular formula is C27H17N3O2. The molecule has 1 aromatic heterocycles. The Hall–Kier alpha value is -4.74. The SMILES string of the molecule is CC#Cc1ccc(-c2ncc(C(=O)Oc3ccc(-c4ccc(C#N)cc4)cc3)cn2)cc1. The van der Waals surface area contributed by atoms with Crippen LogP contribution in [0.5, 0.6) is 5.75 Å². The van der Waals surface area contributed by atoms with Crippen LogP contribution in [0.2, 0.25) is 0 Å². The van der Waals surface area contributed by atoms with Gasteiger partial charge in [-0.1, -0.05) is 30.2 Å². The van der Waals surface area contributed by atoms with Gasteiger partial charge in [-0.2, -0.15) is 5.26 Å². The number of carbonyl (C=O) groups is 1. The Morgan fingerprint density at radius 2 is 1.31 bits per heavy atom. The number of nitrogens with zero attached hydrogens (tertiary/aromatic N) is 3. The van der Waals surface area contributed by atoms with Crippen molar-refractivity contribution in [1.82, 2.24) is 9.97 Å². The minimum Gasteiger partial charge on any atom is -0.423 e. The van der Waals surface area contributed by atoms with Crippen LogP contribution in [0.3, 0.4) is 0 Å². The maximum atomic E-state index is 12.5. The number of nitriles is 1. The van der Waals surface area contributed by atoms with Crippen LogP contribution in [0, 0.1) is 23.2 Å². The molecule has 0 unspecified atom stereocenters. The van der Waals surface area contributed by atoms with Gasteiger partial charge in [-0.25, -0.2) is 14.8 Å². The molecule has 0 fully saturated rings. The average molecular weight is 415 g/mol. The number of esters is 1. The molecule has 1 heterocycles. The number of benzene rings is 3. The second kappa shape index (κ2) is 9.38. The summed E-state index contributed by atoms with van der Waals surface area (Å²) in [7, 11) is 0. The maximum Gasteiger partial charge on any atom is 0.346 e. The lowest BCUT2D eigenvalue weighted by Gasteiger charge is -2.07. The zero-order chi connectivity index (χ0) is 22.3.